The van der Waals surface area contributed by atoms with Crippen LogP contribution in [0.3, 0.4) is 0 Å². The van der Waals surface area contributed by atoms with Gasteiger partial charge in [0.25, 0.3) is 5.69 Å². The predicted octanol–water partition coefficient (Wildman–Crippen LogP) is 3.38. The van der Waals surface area contributed by atoms with Gasteiger partial charge >= 0.3 is 6.18 Å². The summed E-state index contributed by atoms with van der Waals surface area (Å²) in [5.41, 5.74) is -0.496. The Morgan fingerprint density at radius 3 is 2.24 bits per heavy atom. The predicted molar refractivity (Wildman–Crippen MR) is 66.5 cm³/mol. The Hall–Kier alpha value is -1.67. The van der Waals surface area contributed by atoms with E-state index in [4.69, 9.17) is 9.47 Å². The van der Waals surface area contributed by atoms with Crippen LogP contribution in [0.5, 0.6) is 0 Å². The van der Waals surface area contributed by atoms with Crippen molar-refractivity contribution >= 4 is 5.69 Å². The summed E-state index contributed by atoms with van der Waals surface area (Å²) in [7, 11) is 0. The molecule has 0 spiro atoms. The van der Waals surface area contributed by atoms with Gasteiger partial charge < -0.3 is 9.47 Å². The molecule has 0 aromatic heterocycles. The van der Waals surface area contributed by atoms with Crippen LogP contribution < -0.4 is 0 Å². The van der Waals surface area contributed by atoms with E-state index < -0.39 is 28.9 Å². The fraction of sp³-hybridized carbons (Fsp3) is 0.538. The lowest BCUT2D eigenvalue weighted by atomic mass is 9.75. The molecule has 21 heavy (non-hydrogen) atoms. The van der Waals surface area contributed by atoms with E-state index in [1.54, 1.807) is 13.8 Å². The lowest BCUT2D eigenvalue weighted by Gasteiger charge is -2.54. The van der Waals surface area contributed by atoms with Crippen molar-refractivity contribution in [2.75, 3.05) is 13.2 Å². The zero-order chi connectivity index (χ0) is 15.9. The largest absolute Gasteiger partial charge is 0.411 e. The molecule has 1 aliphatic heterocycles. The Balaban J connectivity index is 2.31. The third-order valence-electron chi connectivity index (χ3n) is 3.42. The normalized spacial score (nSPS) is 24.4. The van der Waals surface area contributed by atoms with Gasteiger partial charge in [-0.3, -0.25) is 10.1 Å². The zero-order valence-corrected chi connectivity index (χ0v) is 11.4. The van der Waals surface area contributed by atoms with Crippen LogP contribution in [-0.2, 0) is 15.3 Å². The van der Waals surface area contributed by atoms with Crippen molar-refractivity contribution in [2.45, 2.75) is 25.8 Å². The Morgan fingerprint density at radius 1 is 1.33 bits per heavy atom. The van der Waals surface area contributed by atoms with E-state index in [0.717, 1.165) is 0 Å². The smallest absolute Gasteiger partial charge is 0.345 e. The van der Waals surface area contributed by atoms with Gasteiger partial charge in [-0.25, -0.2) is 0 Å². The van der Waals surface area contributed by atoms with Crippen LogP contribution in [-0.4, -0.2) is 24.3 Å². The van der Waals surface area contributed by atoms with Crippen LogP contribution in [0.25, 0.3) is 0 Å². The molecule has 1 unspecified atom stereocenters. The van der Waals surface area contributed by atoms with Gasteiger partial charge in [0.2, 0.25) is 5.79 Å². The summed E-state index contributed by atoms with van der Waals surface area (Å²) in [5.74, 6) is -1.54. The molecule has 0 N–H and O–H groups in total. The molecule has 0 bridgehead atoms. The summed E-state index contributed by atoms with van der Waals surface area (Å²) in [6, 6.07) is 5.14. The molecular formula is C13H14F3NO4. The highest BCUT2D eigenvalue weighted by Gasteiger charge is 2.58. The van der Waals surface area contributed by atoms with Crippen molar-refractivity contribution in [1.29, 1.82) is 0 Å². The molecule has 8 heteroatoms. The van der Waals surface area contributed by atoms with Gasteiger partial charge in [0.1, 0.15) is 6.61 Å². The average molecular weight is 305 g/mol. The van der Waals surface area contributed by atoms with E-state index in [0.29, 0.717) is 5.56 Å². The molecule has 1 aromatic carbocycles. The second-order valence-corrected chi connectivity index (χ2v) is 5.50. The summed E-state index contributed by atoms with van der Waals surface area (Å²) >= 11 is 0. The maximum Gasteiger partial charge on any atom is 0.411 e. The highest BCUT2D eigenvalue weighted by molar-refractivity contribution is 5.36. The molecule has 1 aromatic rings. The first kappa shape index (κ1) is 15.7. The van der Waals surface area contributed by atoms with Gasteiger partial charge in [0, 0.05) is 23.1 Å². The van der Waals surface area contributed by atoms with E-state index in [1.807, 2.05) is 0 Å². The first-order chi connectivity index (χ1) is 9.57. The molecule has 5 nitrogen and oxygen atoms in total. The van der Waals surface area contributed by atoms with Crippen LogP contribution in [0.2, 0.25) is 0 Å². The van der Waals surface area contributed by atoms with Gasteiger partial charge in [0.15, 0.2) is 0 Å². The number of non-ortho nitro benzene ring substituents is 1. The highest BCUT2D eigenvalue weighted by Crippen LogP contribution is 2.53. The SMILES string of the molecule is CC1(C)COC1(OCC(F)(F)F)c1ccc([N+](=O)[O-])cc1. The van der Waals surface area contributed by atoms with Crippen LogP contribution in [0.4, 0.5) is 18.9 Å². The molecule has 1 aliphatic rings. The quantitative estimate of drug-likeness (QED) is 0.632. The number of hydrogen-bond donors (Lipinski definition) is 0. The molecule has 116 valence electrons. The maximum absolute atomic E-state index is 12.4. The minimum absolute atomic E-state index is 0.151. The monoisotopic (exact) mass is 305 g/mol. The standard InChI is InChI=1S/C13H14F3NO4/c1-11(2)7-20-13(11,21-8-12(14,15)16)9-3-5-10(6-4-9)17(18)19/h3-6H,7-8H2,1-2H3. The van der Waals surface area contributed by atoms with Crippen molar-refractivity contribution in [3.63, 3.8) is 0 Å². The van der Waals surface area contributed by atoms with Gasteiger partial charge in [-0.15, -0.1) is 0 Å². The van der Waals surface area contributed by atoms with Crippen molar-refractivity contribution in [1.82, 2.24) is 0 Å². The lowest BCUT2D eigenvalue weighted by Crippen LogP contribution is -2.59. The van der Waals surface area contributed by atoms with Crippen molar-refractivity contribution in [3.05, 3.63) is 39.9 Å². The Labute approximate surface area is 118 Å². The van der Waals surface area contributed by atoms with E-state index >= 15 is 0 Å². The van der Waals surface area contributed by atoms with Crippen LogP contribution in [0.1, 0.15) is 19.4 Å². The third kappa shape index (κ3) is 2.86. The number of ether oxygens (including phenoxy) is 2. The fourth-order valence-electron chi connectivity index (χ4n) is 2.27. The molecule has 1 saturated heterocycles. The molecule has 0 amide bonds. The number of benzene rings is 1. The molecule has 1 atom stereocenters. The fourth-order valence-corrected chi connectivity index (χ4v) is 2.27. The molecule has 2 rings (SSSR count). The number of hydrogen-bond acceptors (Lipinski definition) is 4. The van der Waals surface area contributed by atoms with E-state index in [-0.39, 0.29) is 12.3 Å². The minimum Gasteiger partial charge on any atom is -0.345 e. The van der Waals surface area contributed by atoms with E-state index in [2.05, 4.69) is 0 Å². The number of halogens is 3. The molecular weight excluding hydrogens is 291 g/mol. The number of nitro groups is 1. The summed E-state index contributed by atoms with van der Waals surface area (Å²) in [6.45, 7) is 2.22. The maximum atomic E-state index is 12.4. The summed E-state index contributed by atoms with van der Waals surface area (Å²) in [5, 5.41) is 10.6. The van der Waals surface area contributed by atoms with Crippen LogP contribution in [0, 0.1) is 15.5 Å². The second-order valence-electron chi connectivity index (χ2n) is 5.50. The molecule has 1 heterocycles. The number of rotatable bonds is 4. The Kier molecular flexibility index (Phi) is 3.71. The number of alkyl halides is 3. The third-order valence-corrected chi connectivity index (χ3v) is 3.42. The summed E-state index contributed by atoms with van der Waals surface area (Å²) in [6.07, 6.45) is -4.48. The second kappa shape index (κ2) is 4.96. The summed E-state index contributed by atoms with van der Waals surface area (Å²) in [4.78, 5) is 10.0. The lowest BCUT2D eigenvalue weighted by molar-refractivity contribution is -0.410. The van der Waals surface area contributed by atoms with Gasteiger partial charge in [-0.1, -0.05) is 13.8 Å². The number of nitro benzene ring substituents is 1. The summed E-state index contributed by atoms with van der Waals surface area (Å²) < 4.78 is 47.6. The molecule has 0 radical (unpaired) electrons. The highest BCUT2D eigenvalue weighted by atomic mass is 19.4. The molecule has 0 aliphatic carbocycles. The van der Waals surface area contributed by atoms with E-state index in [1.165, 1.54) is 24.3 Å². The van der Waals surface area contributed by atoms with Crippen molar-refractivity contribution in [2.24, 2.45) is 5.41 Å². The first-order valence-corrected chi connectivity index (χ1v) is 6.17. The first-order valence-electron chi connectivity index (χ1n) is 6.17. The van der Waals surface area contributed by atoms with Crippen LogP contribution in [0.15, 0.2) is 24.3 Å². The van der Waals surface area contributed by atoms with Crippen LogP contribution >= 0.6 is 0 Å². The van der Waals surface area contributed by atoms with Gasteiger partial charge in [-0.05, 0) is 12.1 Å². The van der Waals surface area contributed by atoms with Crippen molar-refractivity contribution in [3.8, 4) is 0 Å². The van der Waals surface area contributed by atoms with E-state index in [9.17, 15) is 23.3 Å². The topological polar surface area (TPSA) is 61.6 Å². The zero-order valence-electron chi connectivity index (χ0n) is 11.4. The van der Waals surface area contributed by atoms with Gasteiger partial charge in [0.05, 0.1) is 11.5 Å². The molecule has 1 fully saturated rings. The van der Waals surface area contributed by atoms with Crippen molar-refractivity contribution < 1.29 is 27.6 Å². The number of nitrogens with zero attached hydrogens (tertiary/aromatic N) is 1. The Morgan fingerprint density at radius 2 is 1.90 bits per heavy atom. The molecule has 0 saturated carbocycles. The van der Waals surface area contributed by atoms with Gasteiger partial charge in [-0.2, -0.15) is 13.2 Å². The Bertz CT molecular complexity index is 541. The minimum atomic E-state index is -4.48. The average Bonchev–Trinajstić information content (AvgIpc) is 2.37.